The summed E-state index contributed by atoms with van der Waals surface area (Å²) in [6.07, 6.45) is 1.70. The Kier molecular flexibility index (Phi) is 6.61. The molecule has 3 aromatic carbocycles. The number of aromatic nitrogens is 2. The number of hydrogen-bond donors (Lipinski definition) is 1. The quantitative estimate of drug-likeness (QED) is 0.304. The van der Waals surface area contributed by atoms with Crippen molar-refractivity contribution in [3.63, 3.8) is 0 Å². The van der Waals surface area contributed by atoms with Crippen molar-refractivity contribution in [2.24, 2.45) is 0 Å². The van der Waals surface area contributed by atoms with E-state index in [9.17, 15) is 9.65 Å². The molecule has 1 heterocycles. The molecule has 0 saturated heterocycles. The average molecular weight is 508 g/mol. The van der Waals surface area contributed by atoms with Gasteiger partial charge in [0.15, 0.2) is 11.5 Å². The topological polar surface area (TPSA) is 80.2 Å². The zero-order valence-electron chi connectivity index (χ0n) is 17.9. The Balaban J connectivity index is 1.65. The van der Waals surface area contributed by atoms with Gasteiger partial charge in [-0.2, -0.15) is 5.26 Å². The van der Waals surface area contributed by atoms with E-state index in [2.05, 4.69) is 32.0 Å². The Hall–Kier alpha value is -3.83. The molecule has 8 heteroatoms. The van der Waals surface area contributed by atoms with Gasteiger partial charge in [0, 0.05) is 11.6 Å². The van der Waals surface area contributed by atoms with Crippen molar-refractivity contribution in [1.29, 1.82) is 5.26 Å². The van der Waals surface area contributed by atoms with Crippen molar-refractivity contribution in [1.82, 2.24) is 9.97 Å². The number of allylic oxidation sites excluding steroid dienone is 1. The Bertz CT molecular complexity index is 1390. The summed E-state index contributed by atoms with van der Waals surface area (Å²) < 4.78 is 31.1. The smallest absolute Gasteiger partial charge is 0.175 e. The van der Waals surface area contributed by atoms with Crippen LogP contribution in [0.4, 0.5) is 4.39 Å². The lowest BCUT2D eigenvalue weighted by Gasteiger charge is -2.14. The second kappa shape index (κ2) is 9.76. The van der Waals surface area contributed by atoms with Crippen molar-refractivity contribution in [3.05, 3.63) is 81.8 Å². The van der Waals surface area contributed by atoms with Crippen LogP contribution in [0.15, 0.2) is 59.1 Å². The summed E-state index contributed by atoms with van der Waals surface area (Å²) in [5, 5.41) is 9.75. The van der Waals surface area contributed by atoms with Gasteiger partial charge in [0.05, 0.1) is 35.3 Å². The molecule has 166 valence electrons. The van der Waals surface area contributed by atoms with Gasteiger partial charge in [-0.3, -0.25) is 0 Å². The third-order valence-electron chi connectivity index (χ3n) is 4.96. The van der Waals surface area contributed by atoms with Crippen LogP contribution in [-0.2, 0) is 6.61 Å². The number of aromatic amines is 1. The first-order chi connectivity index (χ1) is 16.0. The van der Waals surface area contributed by atoms with E-state index in [1.54, 1.807) is 43.5 Å². The minimum absolute atomic E-state index is 0.0444. The number of imidazole rings is 1. The van der Waals surface area contributed by atoms with Crippen LogP contribution in [-0.4, -0.2) is 24.2 Å². The zero-order chi connectivity index (χ0) is 23.4. The number of ether oxygens (including phenoxy) is 3. The lowest BCUT2D eigenvalue weighted by molar-refractivity contribution is 0.278. The molecule has 0 saturated carbocycles. The Labute approximate surface area is 198 Å². The van der Waals surface area contributed by atoms with Gasteiger partial charge in [-0.15, -0.1) is 0 Å². The molecule has 0 bridgehead atoms. The maximum absolute atomic E-state index is 13.9. The highest BCUT2D eigenvalue weighted by molar-refractivity contribution is 9.10. The molecule has 0 unspecified atom stereocenters. The summed E-state index contributed by atoms with van der Waals surface area (Å²) in [7, 11) is 3.11. The van der Waals surface area contributed by atoms with Crippen LogP contribution in [0.3, 0.4) is 0 Å². The van der Waals surface area contributed by atoms with E-state index in [-0.39, 0.29) is 12.4 Å². The van der Waals surface area contributed by atoms with Crippen molar-refractivity contribution in [2.45, 2.75) is 6.61 Å². The highest BCUT2D eigenvalue weighted by atomic mass is 79.9. The van der Waals surface area contributed by atoms with Gasteiger partial charge < -0.3 is 19.2 Å². The fourth-order valence-corrected chi connectivity index (χ4v) is 3.87. The van der Waals surface area contributed by atoms with Crippen molar-refractivity contribution >= 4 is 38.6 Å². The summed E-state index contributed by atoms with van der Waals surface area (Å²) in [5.74, 6) is 1.68. The molecule has 0 amide bonds. The molecule has 4 aromatic rings. The predicted molar refractivity (Wildman–Crippen MR) is 128 cm³/mol. The monoisotopic (exact) mass is 507 g/mol. The Morgan fingerprint density at radius 2 is 1.97 bits per heavy atom. The van der Waals surface area contributed by atoms with E-state index in [1.165, 1.54) is 13.2 Å². The van der Waals surface area contributed by atoms with E-state index in [0.717, 1.165) is 11.0 Å². The van der Waals surface area contributed by atoms with Crippen molar-refractivity contribution in [3.8, 4) is 23.3 Å². The summed E-state index contributed by atoms with van der Waals surface area (Å²) in [5.41, 5.74) is 2.97. The molecule has 6 nitrogen and oxygen atoms in total. The van der Waals surface area contributed by atoms with Gasteiger partial charge >= 0.3 is 0 Å². The van der Waals surface area contributed by atoms with Crippen molar-refractivity contribution in [2.75, 3.05) is 14.2 Å². The normalized spacial score (nSPS) is 11.3. The van der Waals surface area contributed by atoms with Gasteiger partial charge in [0.25, 0.3) is 0 Å². The molecule has 0 fully saturated rings. The van der Waals surface area contributed by atoms with Crippen LogP contribution in [0.1, 0.15) is 17.0 Å². The summed E-state index contributed by atoms with van der Waals surface area (Å²) in [4.78, 5) is 7.66. The molecular formula is C25H19BrFN3O3. The average Bonchev–Trinajstić information content (AvgIpc) is 3.25. The second-order valence-corrected chi connectivity index (χ2v) is 7.91. The molecule has 1 N–H and O–H groups in total. The first-order valence-corrected chi connectivity index (χ1v) is 10.7. The van der Waals surface area contributed by atoms with E-state index in [0.29, 0.717) is 44.2 Å². The third kappa shape index (κ3) is 4.83. The predicted octanol–water partition coefficient (Wildman–Crippen LogP) is 6.12. The number of fused-ring (bicyclic) bond motifs is 1. The molecule has 33 heavy (non-hydrogen) atoms. The summed E-state index contributed by atoms with van der Waals surface area (Å²) >= 11 is 3.49. The number of benzene rings is 3. The number of halogens is 2. The van der Waals surface area contributed by atoms with E-state index < -0.39 is 0 Å². The number of methoxy groups -OCH3 is 2. The Morgan fingerprint density at radius 1 is 1.15 bits per heavy atom. The van der Waals surface area contributed by atoms with Gasteiger partial charge in [0.2, 0.25) is 0 Å². The fraction of sp³-hybridized carbons (Fsp3) is 0.120. The molecular weight excluding hydrogens is 489 g/mol. The van der Waals surface area contributed by atoms with Crippen LogP contribution in [0, 0.1) is 17.1 Å². The molecule has 0 spiro atoms. The minimum Gasteiger partial charge on any atom is -0.497 e. The number of nitrogens with zero attached hydrogens (tertiary/aromatic N) is 2. The largest absolute Gasteiger partial charge is 0.497 e. The molecule has 0 aliphatic heterocycles. The van der Waals surface area contributed by atoms with Crippen molar-refractivity contribution < 1.29 is 18.6 Å². The second-order valence-electron chi connectivity index (χ2n) is 7.05. The SMILES string of the molecule is COc1ccc2nc(/C(C#N)=C\c3cc(Br)c(OCc4ccccc4F)c(OC)c3)[nH]c2c1. The lowest BCUT2D eigenvalue weighted by Crippen LogP contribution is -2.01. The molecule has 0 radical (unpaired) electrons. The van der Waals surface area contributed by atoms with E-state index in [1.807, 2.05) is 18.2 Å². The molecule has 1 aromatic heterocycles. The minimum atomic E-state index is -0.339. The number of nitriles is 1. The van der Waals surface area contributed by atoms with Gasteiger partial charge in [-0.05, 0) is 57.9 Å². The van der Waals surface area contributed by atoms with Crippen LogP contribution in [0.5, 0.6) is 17.2 Å². The van der Waals surface area contributed by atoms with Gasteiger partial charge in [-0.25, -0.2) is 9.37 Å². The maximum atomic E-state index is 13.9. The van der Waals surface area contributed by atoms with Crippen LogP contribution < -0.4 is 14.2 Å². The third-order valence-corrected chi connectivity index (χ3v) is 5.55. The number of H-pyrrole nitrogens is 1. The van der Waals surface area contributed by atoms with Gasteiger partial charge in [0.1, 0.15) is 30.1 Å². The number of hydrogen-bond acceptors (Lipinski definition) is 5. The first-order valence-electron chi connectivity index (χ1n) is 9.92. The molecule has 4 rings (SSSR count). The first kappa shape index (κ1) is 22.4. The fourth-order valence-electron chi connectivity index (χ4n) is 3.29. The maximum Gasteiger partial charge on any atom is 0.175 e. The number of rotatable bonds is 7. The van der Waals surface area contributed by atoms with Crippen LogP contribution in [0.2, 0.25) is 0 Å². The standard InChI is InChI=1S/C25H19BrFN3O3/c1-31-18-7-8-21-22(12-18)30-25(29-21)17(13-28)9-15-10-19(26)24(23(11-15)32-2)33-14-16-5-3-4-6-20(16)27/h3-12H,14H2,1-2H3,(H,29,30)/b17-9-. The molecule has 0 aliphatic carbocycles. The summed E-state index contributed by atoms with van der Waals surface area (Å²) in [6.45, 7) is 0.0444. The van der Waals surface area contributed by atoms with E-state index >= 15 is 0 Å². The highest BCUT2D eigenvalue weighted by Crippen LogP contribution is 2.38. The van der Waals surface area contributed by atoms with Crippen LogP contribution >= 0.6 is 15.9 Å². The molecule has 0 aliphatic rings. The zero-order valence-corrected chi connectivity index (χ0v) is 19.4. The summed E-state index contributed by atoms with van der Waals surface area (Å²) in [6, 6.07) is 17.6. The highest BCUT2D eigenvalue weighted by Gasteiger charge is 2.14. The number of nitrogens with one attached hydrogen (secondary N) is 1. The Morgan fingerprint density at radius 3 is 2.70 bits per heavy atom. The molecule has 0 atom stereocenters. The van der Waals surface area contributed by atoms with E-state index in [4.69, 9.17) is 14.2 Å². The van der Waals surface area contributed by atoms with Gasteiger partial charge in [-0.1, -0.05) is 18.2 Å². The lowest BCUT2D eigenvalue weighted by atomic mass is 10.1. The van der Waals surface area contributed by atoms with Crippen LogP contribution in [0.25, 0.3) is 22.7 Å².